The van der Waals surface area contributed by atoms with Gasteiger partial charge in [0.25, 0.3) is 0 Å². The number of rotatable bonds is 7. The first-order chi connectivity index (χ1) is 12.8. The third-order valence-electron chi connectivity index (χ3n) is 4.87. The molecule has 2 aliphatic rings. The highest BCUT2D eigenvalue weighted by molar-refractivity contribution is 8.00. The Morgan fingerprint density at radius 2 is 2.38 bits per heavy atom. The van der Waals surface area contributed by atoms with E-state index in [2.05, 4.69) is 58.7 Å². The molecule has 3 atom stereocenters. The molecule has 5 nitrogen and oxygen atoms in total. The molecule has 146 valence electrons. The highest BCUT2D eigenvalue weighted by Crippen LogP contribution is 2.27. The van der Waals surface area contributed by atoms with Gasteiger partial charge in [-0.2, -0.15) is 11.8 Å². The quantitative estimate of drug-likeness (QED) is 0.548. The molecule has 2 aliphatic heterocycles. The van der Waals surface area contributed by atoms with E-state index in [0.29, 0.717) is 12.1 Å². The predicted octanol–water partition coefficient (Wildman–Crippen LogP) is 2.96. The molecule has 0 aromatic carbocycles. The zero-order chi connectivity index (χ0) is 18.2. The summed E-state index contributed by atoms with van der Waals surface area (Å²) in [6, 6.07) is 4.71. The topological polar surface area (TPSA) is 48.9 Å². The van der Waals surface area contributed by atoms with Crippen LogP contribution in [0.4, 0.5) is 0 Å². The zero-order valence-electron chi connectivity index (χ0n) is 15.9. The van der Waals surface area contributed by atoms with E-state index in [1.165, 1.54) is 23.5 Å². The van der Waals surface area contributed by atoms with E-state index in [1.807, 2.05) is 11.3 Å². The lowest BCUT2D eigenvalue weighted by atomic mass is 10.1. The van der Waals surface area contributed by atoms with Gasteiger partial charge in [0.15, 0.2) is 5.96 Å². The number of ether oxygens (including phenoxy) is 1. The smallest absolute Gasteiger partial charge is 0.191 e. The van der Waals surface area contributed by atoms with Gasteiger partial charge in [-0.05, 0) is 43.9 Å². The summed E-state index contributed by atoms with van der Waals surface area (Å²) in [5.41, 5.74) is 0. The molecule has 26 heavy (non-hydrogen) atoms. The van der Waals surface area contributed by atoms with Crippen LogP contribution in [0.15, 0.2) is 22.5 Å². The molecule has 2 fully saturated rings. The minimum Gasteiger partial charge on any atom is -0.376 e. The van der Waals surface area contributed by atoms with Gasteiger partial charge in [0.1, 0.15) is 0 Å². The van der Waals surface area contributed by atoms with Crippen molar-refractivity contribution in [3.63, 3.8) is 0 Å². The van der Waals surface area contributed by atoms with E-state index in [4.69, 9.17) is 9.73 Å². The number of nitrogens with one attached hydrogen (secondary N) is 2. The first kappa shape index (κ1) is 20.0. The largest absolute Gasteiger partial charge is 0.376 e. The summed E-state index contributed by atoms with van der Waals surface area (Å²) in [6.45, 7) is 9.72. The monoisotopic (exact) mass is 396 g/mol. The highest BCUT2D eigenvalue weighted by Gasteiger charge is 2.26. The Bertz CT molecular complexity index is 546. The van der Waals surface area contributed by atoms with Crippen molar-refractivity contribution in [3.05, 3.63) is 22.4 Å². The SMILES string of the molecule is CCNC(=NCC(c1cccs1)N1CCOC(C)C1)NCC1CCCS1. The second kappa shape index (κ2) is 10.5. The maximum absolute atomic E-state index is 5.73. The average Bonchev–Trinajstić information content (AvgIpc) is 3.34. The molecule has 2 saturated heterocycles. The minimum absolute atomic E-state index is 0.293. The molecule has 0 aliphatic carbocycles. The van der Waals surface area contributed by atoms with Crippen molar-refractivity contribution >= 4 is 29.1 Å². The number of morpholine rings is 1. The van der Waals surface area contributed by atoms with Crippen LogP contribution in [0.25, 0.3) is 0 Å². The van der Waals surface area contributed by atoms with E-state index in [0.717, 1.165) is 50.5 Å². The third kappa shape index (κ3) is 5.87. The molecule has 3 unspecified atom stereocenters. The third-order valence-corrected chi connectivity index (χ3v) is 7.24. The summed E-state index contributed by atoms with van der Waals surface area (Å²) < 4.78 is 5.73. The van der Waals surface area contributed by atoms with Gasteiger partial charge in [-0.15, -0.1) is 11.3 Å². The Kier molecular flexibility index (Phi) is 8.10. The van der Waals surface area contributed by atoms with Crippen LogP contribution >= 0.6 is 23.1 Å². The van der Waals surface area contributed by atoms with E-state index in [1.54, 1.807) is 0 Å². The number of guanidine groups is 1. The number of thiophene rings is 1. The molecule has 1 aromatic heterocycles. The fourth-order valence-electron chi connectivity index (χ4n) is 3.53. The lowest BCUT2D eigenvalue weighted by Crippen LogP contribution is -2.44. The van der Waals surface area contributed by atoms with Crippen molar-refractivity contribution in [1.82, 2.24) is 15.5 Å². The number of hydrogen-bond acceptors (Lipinski definition) is 5. The maximum atomic E-state index is 5.73. The minimum atomic E-state index is 0.293. The fraction of sp³-hybridized carbons (Fsp3) is 0.737. The van der Waals surface area contributed by atoms with Crippen molar-refractivity contribution in [3.8, 4) is 0 Å². The molecule has 0 amide bonds. The molecule has 1 aromatic rings. The van der Waals surface area contributed by atoms with Crippen LogP contribution in [0.2, 0.25) is 0 Å². The van der Waals surface area contributed by atoms with E-state index >= 15 is 0 Å². The van der Waals surface area contributed by atoms with Gasteiger partial charge < -0.3 is 15.4 Å². The first-order valence-corrected chi connectivity index (χ1v) is 11.7. The Hall–Kier alpha value is -0.760. The molecular formula is C19H32N4OS2. The fourth-order valence-corrected chi connectivity index (χ4v) is 5.58. The lowest BCUT2D eigenvalue weighted by Gasteiger charge is -2.36. The van der Waals surface area contributed by atoms with Crippen LogP contribution in [-0.4, -0.2) is 67.3 Å². The van der Waals surface area contributed by atoms with Crippen LogP contribution in [0, 0.1) is 0 Å². The summed E-state index contributed by atoms with van der Waals surface area (Å²) in [6.07, 6.45) is 2.96. The van der Waals surface area contributed by atoms with Crippen LogP contribution in [0.3, 0.4) is 0 Å². The molecule has 0 bridgehead atoms. The molecule has 3 rings (SSSR count). The van der Waals surface area contributed by atoms with Gasteiger partial charge in [-0.3, -0.25) is 9.89 Å². The maximum Gasteiger partial charge on any atom is 0.191 e. The molecule has 0 saturated carbocycles. The Morgan fingerprint density at radius 3 is 3.08 bits per heavy atom. The van der Waals surface area contributed by atoms with Crippen LogP contribution in [0.5, 0.6) is 0 Å². The zero-order valence-corrected chi connectivity index (χ0v) is 17.6. The second-order valence-electron chi connectivity index (χ2n) is 6.94. The molecule has 0 spiro atoms. The summed E-state index contributed by atoms with van der Waals surface area (Å²) in [4.78, 5) is 8.86. The first-order valence-electron chi connectivity index (χ1n) is 9.79. The van der Waals surface area contributed by atoms with Gasteiger partial charge >= 0.3 is 0 Å². The Morgan fingerprint density at radius 1 is 1.46 bits per heavy atom. The van der Waals surface area contributed by atoms with Crippen molar-refractivity contribution in [2.24, 2.45) is 4.99 Å². The van der Waals surface area contributed by atoms with Crippen LogP contribution in [-0.2, 0) is 4.74 Å². The molecule has 0 radical (unpaired) electrons. The summed E-state index contributed by atoms with van der Waals surface area (Å²) >= 11 is 3.91. The molecule has 3 heterocycles. The van der Waals surface area contributed by atoms with Crippen LogP contribution in [0.1, 0.15) is 37.6 Å². The van der Waals surface area contributed by atoms with Gasteiger partial charge in [-0.1, -0.05) is 6.07 Å². The normalized spacial score (nSPS) is 26.0. The van der Waals surface area contributed by atoms with Gasteiger partial charge in [0.05, 0.1) is 25.3 Å². The van der Waals surface area contributed by atoms with E-state index < -0.39 is 0 Å². The van der Waals surface area contributed by atoms with Crippen LogP contribution < -0.4 is 10.6 Å². The van der Waals surface area contributed by atoms with E-state index in [9.17, 15) is 0 Å². The van der Waals surface area contributed by atoms with E-state index in [-0.39, 0.29) is 0 Å². The second-order valence-corrected chi connectivity index (χ2v) is 9.33. The predicted molar refractivity (Wildman–Crippen MR) is 114 cm³/mol. The van der Waals surface area contributed by atoms with Crippen molar-refractivity contribution in [1.29, 1.82) is 0 Å². The number of aliphatic imine (C=N–C) groups is 1. The summed E-state index contributed by atoms with van der Waals surface area (Å²) in [5, 5.41) is 9.85. The molecule has 7 heteroatoms. The van der Waals surface area contributed by atoms with Crippen molar-refractivity contribution in [2.45, 2.75) is 44.1 Å². The number of thioether (sulfide) groups is 1. The standard InChI is InChI=1S/C19H32N4OS2/c1-3-20-19(21-12-16-6-4-10-25-16)22-13-17(18-7-5-11-26-18)23-8-9-24-15(2)14-23/h5,7,11,15-17H,3-4,6,8-10,12-14H2,1-2H3,(H2,20,21,22). The van der Waals surface area contributed by atoms with Gasteiger partial charge in [0.2, 0.25) is 0 Å². The molecular weight excluding hydrogens is 364 g/mol. The number of nitrogens with zero attached hydrogens (tertiary/aromatic N) is 2. The van der Waals surface area contributed by atoms with Gasteiger partial charge in [-0.25, -0.2) is 0 Å². The summed E-state index contributed by atoms with van der Waals surface area (Å²) in [7, 11) is 0. The van der Waals surface area contributed by atoms with Gasteiger partial charge in [0, 0.05) is 36.3 Å². The number of hydrogen-bond donors (Lipinski definition) is 2. The summed E-state index contributed by atoms with van der Waals surface area (Å²) in [5.74, 6) is 2.25. The highest BCUT2D eigenvalue weighted by atomic mass is 32.2. The molecule has 2 N–H and O–H groups in total. The van der Waals surface area contributed by atoms with Crippen molar-refractivity contribution < 1.29 is 4.74 Å². The lowest BCUT2D eigenvalue weighted by molar-refractivity contribution is -0.0327. The van der Waals surface area contributed by atoms with Crippen molar-refractivity contribution in [2.75, 3.05) is 45.1 Å². The average molecular weight is 397 g/mol. The Labute approximate surface area is 166 Å². The Balaban J connectivity index is 1.63.